The Kier molecular flexibility index (Phi) is 5.50. The van der Waals surface area contributed by atoms with Gasteiger partial charge in [0.1, 0.15) is 0 Å². The number of hydrogen-bond acceptors (Lipinski definition) is 2. The van der Waals surface area contributed by atoms with Gasteiger partial charge in [0.05, 0.1) is 6.61 Å². The minimum Gasteiger partial charge on any atom is -0.300 e. The largest absolute Gasteiger partial charge is 0.300 e. The molecule has 0 radical (unpaired) electrons. The molecule has 0 bridgehead atoms. The van der Waals surface area contributed by atoms with Crippen molar-refractivity contribution in [2.75, 3.05) is 0 Å². The van der Waals surface area contributed by atoms with Crippen LogP contribution in [0.25, 0.3) is 0 Å². The van der Waals surface area contributed by atoms with E-state index in [9.17, 15) is 0 Å². The molecule has 0 aliphatic rings. The van der Waals surface area contributed by atoms with E-state index in [-0.39, 0.29) is 12.4 Å². The third kappa shape index (κ3) is 3.72. The van der Waals surface area contributed by atoms with Gasteiger partial charge in [-0.05, 0) is 17.7 Å². The Balaban J connectivity index is 0.000001000. The zero-order valence-electron chi connectivity index (χ0n) is 5.79. The Labute approximate surface area is 80.2 Å². The molecule has 1 aromatic rings. The molecule has 0 spiro atoms. The third-order valence-electron chi connectivity index (χ3n) is 1.14. The van der Waals surface area contributed by atoms with Crippen molar-refractivity contribution in [1.29, 1.82) is 0 Å². The highest BCUT2D eigenvalue weighted by Gasteiger charge is 1.90. The van der Waals surface area contributed by atoms with Gasteiger partial charge < -0.3 is 0 Å². The number of benzene rings is 1. The predicted molar refractivity (Wildman–Crippen MR) is 50.4 cm³/mol. The first kappa shape index (κ1) is 10.9. The van der Waals surface area contributed by atoms with Crippen LogP contribution in [0.1, 0.15) is 5.56 Å². The molecule has 2 nitrogen and oxygen atoms in total. The maximum atomic E-state index is 4.90. The fourth-order valence-electron chi connectivity index (χ4n) is 0.723. The van der Waals surface area contributed by atoms with Crippen LogP contribution in [-0.2, 0) is 11.4 Å². The van der Waals surface area contributed by atoms with Crippen molar-refractivity contribution in [2.45, 2.75) is 6.61 Å². The van der Waals surface area contributed by atoms with Crippen LogP contribution in [0.4, 0.5) is 0 Å². The monoisotopic (exact) mass is 237 g/mol. The van der Waals surface area contributed by atoms with Crippen LogP contribution in [0.3, 0.4) is 0 Å². The second-order valence-corrected chi connectivity index (χ2v) is 2.86. The first-order valence-electron chi connectivity index (χ1n) is 2.89. The van der Waals surface area contributed by atoms with Gasteiger partial charge in [-0.25, -0.2) is 5.90 Å². The van der Waals surface area contributed by atoms with E-state index in [1.165, 1.54) is 0 Å². The standard InChI is InChI=1S/C7H8BrNO.ClH/c8-7-3-1-2-6(4-7)5-10-9;/h1-4H,5,9H2;1H. The summed E-state index contributed by atoms with van der Waals surface area (Å²) in [5.74, 6) is 4.90. The second kappa shape index (κ2) is 5.55. The molecule has 0 saturated carbocycles. The lowest BCUT2D eigenvalue weighted by molar-refractivity contribution is 0.124. The zero-order valence-corrected chi connectivity index (χ0v) is 8.19. The van der Waals surface area contributed by atoms with Crippen molar-refractivity contribution < 1.29 is 4.84 Å². The lowest BCUT2D eigenvalue weighted by Gasteiger charge is -1.97. The van der Waals surface area contributed by atoms with Gasteiger partial charge in [-0.3, -0.25) is 4.84 Å². The van der Waals surface area contributed by atoms with Crippen LogP contribution < -0.4 is 5.90 Å². The van der Waals surface area contributed by atoms with Gasteiger partial charge in [-0.1, -0.05) is 28.1 Å². The lowest BCUT2D eigenvalue weighted by atomic mass is 10.2. The fourth-order valence-corrected chi connectivity index (χ4v) is 1.17. The second-order valence-electron chi connectivity index (χ2n) is 1.94. The van der Waals surface area contributed by atoms with Crippen molar-refractivity contribution in [2.24, 2.45) is 5.90 Å². The maximum Gasteiger partial charge on any atom is 0.0930 e. The molecule has 0 heterocycles. The minimum atomic E-state index is 0. The number of nitrogens with two attached hydrogens (primary N) is 1. The van der Waals surface area contributed by atoms with Gasteiger partial charge in [0.25, 0.3) is 0 Å². The zero-order chi connectivity index (χ0) is 7.40. The van der Waals surface area contributed by atoms with Gasteiger partial charge in [0, 0.05) is 4.47 Å². The van der Waals surface area contributed by atoms with Crippen LogP contribution in [0.2, 0.25) is 0 Å². The molecule has 0 atom stereocenters. The smallest absolute Gasteiger partial charge is 0.0930 e. The van der Waals surface area contributed by atoms with Crippen LogP contribution in [0, 0.1) is 0 Å². The van der Waals surface area contributed by atoms with Crippen molar-refractivity contribution >= 4 is 28.3 Å². The molecule has 0 amide bonds. The molecular formula is C7H9BrClNO. The van der Waals surface area contributed by atoms with Gasteiger partial charge in [0.2, 0.25) is 0 Å². The molecule has 0 saturated heterocycles. The minimum absolute atomic E-state index is 0. The summed E-state index contributed by atoms with van der Waals surface area (Å²) in [7, 11) is 0. The van der Waals surface area contributed by atoms with Crippen molar-refractivity contribution in [3.63, 3.8) is 0 Å². The fraction of sp³-hybridized carbons (Fsp3) is 0.143. The first-order valence-corrected chi connectivity index (χ1v) is 3.68. The summed E-state index contributed by atoms with van der Waals surface area (Å²) < 4.78 is 1.04. The summed E-state index contributed by atoms with van der Waals surface area (Å²) in [4.78, 5) is 4.46. The van der Waals surface area contributed by atoms with Crippen molar-refractivity contribution in [1.82, 2.24) is 0 Å². The maximum absolute atomic E-state index is 4.90. The predicted octanol–water partition coefficient (Wildman–Crippen LogP) is 2.26. The van der Waals surface area contributed by atoms with Gasteiger partial charge in [-0.2, -0.15) is 0 Å². The molecule has 11 heavy (non-hydrogen) atoms. The summed E-state index contributed by atoms with van der Waals surface area (Å²) in [6.07, 6.45) is 0. The van der Waals surface area contributed by atoms with Crippen LogP contribution in [-0.4, -0.2) is 0 Å². The SMILES string of the molecule is Cl.NOCc1cccc(Br)c1. The molecule has 4 heteroatoms. The van der Waals surface area contributed by atoms with Crippen molar-refractivity contribution in [3.05, 3.63) is 34.3 Å². The van der Waals surface area contributed by atoms with E-state index >= 15 is 0 Å². The highest BCUT2D eigenvalue weighted by molar-refractivity contribution is 9.10. The molecule has 0 aromatic heterocycles. The van der Waals surface area contributed by atoms with E-state index in [1.807, 2.05) is 24.3 Å². The van der Waals surface area contributed by atoms with E-state index in [0.717, 1.165) is 10.0 Å². The lowest BCUT2D eigenvalue weighted by Crippen LogP contribution is -1.98. The molecule has 0 aliphatic heterocycles. The van der Waals surface area contributed by atoms with E-state index in [2.05, 4.69) is 20.8 Å². The Morgan fingerprint density at radius 3 is 2.73 bits per heavy atom. The van der Waals surface area contributed by atoms with E-state index in [4.69, 9.17) is 5.90 Å². The molecule has 0 unspecified atom stereocenters. The van der Waals surface area contributed by atoms with Gasteiger partial charge in [0.15, 0.2) is 0 Å². The van der Waals surface area contributed by atoms with Crippen LogP contribution in [0.15, 0.2) is 28.7 Å². The van der Waals surface area contributed by atoms with Gasteiger partial charge >= 0.3 is 0 Å². The number of hydrogen-bond donors (Lipinski definition) is 1. The average Bonchev–Trinajstić information content (AvgIpc) is 1.88. The van der Waals surface area contributed by atoms with E-state index in [0.29, 0.717) is 6.61 Å². The quantitative estimate of drug-likeness (QED) is 0.802. The topological polar surface area (TPSA) is 35.2 Å². The molecule has 1 aromatic carbocycles. The normalized spacial score (nSPS) is 8.91. The van der Waals surface area contributed by atoms with Crippen LogP contribution in [0.5, 0.6) is 0 Å². The highest BCUT2D eigenvalue weighted by Crippen LogP contribution is 2.11. The summed E-state index contributed by atoms with van der Waals surface area (Å²) in [5, 5.41) is 0. The molecule has 0 aliphatic carbocycles. The third-order valence-corrected chi connectivity index (χ3v) is 1.63. The van der Waals surface area contributed by atoms with E-state index in [1.54, 1.807) is 0 Å². The Morgan fingerprint density at radius 1 is 1.45 bits per heavy atom. The molecule has 2 N–H and O–H groups in total. The van der Waals surface area contributed by atoms with Crippen molar-refractivity contribution in [3.8, 4) is 0 Å². The molecule has 1 rings (SSSR count). The number of rotatable bonds is 2. The molecule has 62 valence electrons. The summed E-state index contributed by atoms with van der Waals surface area (Å²) in [5.41, 5.74) is 1.07. The number of halogens is 2. The summed E-state index contributed by atoms with van der Waals surface area (Å²) in [6.45, 7) is 0.458. The molecule has 0 fully saturated rings. The Hall–Kier alpha value is -0.0900. The average molecular weight is 239 g/mol. The Morgan fingerprint density at radius 2 is 2.18 bits per heavy atom. The first-order chi connectivity index (χ1) is 4.83. The molecular weight excluding hydrogens is 229 g/mol. The van der Waals surface area contributed by atoms with E-state index < -0.39 is 0 Å². The highest BCUT2D eigenvalue weighted by atomic mass is 79.9. The Bertz CT molecular complexity index is 219. The van der Waals surface area contributed by atoms with Gasteiger partial charge in [-0.15, -0.1) is 12.4 Å². The summed E-state index contributed by atoms with van der Waals surface area (Å²) in [6, 6.07) is 7.82. The van der Waals surface area contributed by atoms with Crippen LogP contribution >= 0.6 is 28.3 Å². The summed E-state index contributed by atoms with van der Waals surface area (Å²) >= 11 is 3.34.